The summed E-state index contributed by atoms with van der Waals surface area (Å²) in [6.07, 6.45) is 5.01. The number of carbonyl (C=O) groups excluding carboxylic acids is 1. The SMILES string of the molecule is CCC(=O)OC1(C)CC2CC(C)(O)CC(C)(C2)C1. The number of ether oxygens (including phenoxy) is 1. The summed E-state index contributed by atoms with van der Waals surface area (Å²) < 4.78 is 5.68. The lowest BCUT2D eigenvalue weighted by Crippen LogP contribution is -2.52. The Labute approximate surface area is 110 Å². The maximum atomic E-state index is 11.6. The standard InChI is InChI=1S/C15H26O3/c1-5-12(16)18-15(4)8-11-6-13(2,10-15)9-14(3,17)7-11/h11,17H,5-10H2,1-4H3. The minimum Gasteiger partial charge on any atom is -0.459 e. The minimum atomic E-state index is -0.548. The summed E-state index contributed by atoms with van der Waals surface area (Å²) in [4.78, 5) is 11.6. The molecule has 2 aliphatic carbocycles. The number of carbonyl (C=O) groups is 1. The van der Waals surface area contributed by atoms with Gasteiger partial charge in [0.2, 0.25) is 0 Å². The number of rotatable bonds is 2. The molecule has 0 aromatic heterocycles. The molecular weight excluding hydrogens is 228 g/mol. The molecule has 0 radical (unpaired) electrons. The number of esters is 1. The molecule has 0 aromatic carbocycles. The van der Waals surface area contributed by atoms with Gasteiger partial charge in [-0.1, -0.05) is 13.8 Å². The normalized spacial score (nSPS) is 47.7. The Bertz CT molecular complexity index is 348. The first-order valence-electron chi connectivity index (χ1n) is 7.10. The van der Waals surface area contributed by atoms with Gasteiger partial charge in [0.05, 0.1) is 5.60 Å². The van der Waals surface area contributed by atoms with Gasteiger partial charge >= 0.3 is 5.97 Å². The molecule has 2 fully saturated rings. The fourth-order valence-electron chi connectivity index (χ4n) is 4.74. The van der Waals surface area contributed by atoms with E-state index in [0.29, 0.717) is 12.3 Å². The maximum Gasteiger partial charge on any atom is 0.306 e. The van der Waals surface area contributed by atoms with Crippen LogP contribution in [-0.2, 0) is 9.53 Å². The van der Waals surface area contributed by atoms with Crippen LogP contribution in [0.1, 0.15) is 66.2 Å². The highest BCUT2D eigenvalue weighted by Gasteiger charge is 2.52. The van der Waals surface area contributed by atoms with Gasteiger partial charge in [-0.05, 0) is 57.3 Å². The third-order valence-electron chi connectivity index (χ3n) is 4.49. The lowest BCUT2D eigenvalue weighted by Gasteiger charge is -2.54. The van der Waals surface area contributed by atoms with E-state index in [2.05, 4.69) is 13.8 Å². The van der Waals surface area contributed by atoms with Crippen LogP contribution < -0.4 is 0 Å². The molecule has 0 heterocycles. The van der Waals surface area contributed by atoms with Crippen LogP contribution in [0.5, 0.6) is 0 Å². The molecule has 4 atom stereocenters. The lowest BCUT2D eigenvalue weighted by atomic mass is 9.55. The van der Waals surface area contributed by atoms with E-state index in [4.69, 9.17) is 4.74 Å². The van der Waals surface area contributed by atoms with Crippen LogP contribution in [0.3, 0.4) is 0 Å². The van der Waals surface area contributed by atoms with Crippen molar-refractivity contribution >= 4 is 5.97 Å². The average molecular weight is 254 g/mol. The van der Waals surface area contributed by atoms with E-state index < -0.39 is 5.60 Å². The van der Waals surface area contributed by atoms with E-state index in [1.807, 2.05) is 13.8 Å². The van der Waals surface area contributed by atoms with Gasteiger partial charge in [0, 0.05) is 6.42 Å². The van der Waals surface area contributed by atoms with Crippen molar-refractivity contribution in [2.75, 3.05) is 0 Å². The largest absolute Gasteiger partial charge is 0.459 e. The molecule has 4 unspecified atom stereocenters. The topological polar surface area (TPSA) is 46.5 Å². The highest BCUT2D eigenvalue weighted by atomic mass is 16.6. The second-order valence-corrected chi connectivity index (χ2v) is 7.42. The monoisotopic (exact) mass is 254 g/mol. The van der Waals surface area contributed by atoms with Crippen LogP contribution in [0.4, 0.5) is 0 Å². The average Bonchev–Trinajstić information content (AvgIpc) is 2.10. The molecule has 0 amide bonds. The fraction of sp³-hybridized carbons (Fsp3) is 0.933. The van der Waals surface area contributed by atoms with Gasteiger partial charge in [0.15, 0.2) is 0 Å². The smallest absolute Gasteiger partial charge is 0.306 e. The molecule has 0 aliphatic heterocycles. The second-order valence-electron chi connectivity index (χ2n) is 7.42. The van der Waals surface area contributed by atoms with E-state index in [0.717, 1.165) is 32.1 Å². The van der Waals surface area contributed by atoms with Crippen molar-refractivity contribution in [2.24, 2.45) is 11.3 Å². The Kier molecular flexibility index (Phi) is 3.25. The van der Waals surface area contributed by atoms with Gasteiger partial charge in [-0.15, -0.1) is 0 Å². The summed E-state index contributed by atoms with van der Waals surface area (Å²) in [6, 6.07) is 0. The number of hydrogen-bond donors (Lipinski definition) is 1. The molecule has 2 saturated carbocycles. The number of aliphatic hydroxyl groups is 1. The first-order chi connectivity index (χ1) is 8.15. The molecule has 3 nitrogen and oxygen atoms in total. The maximum absolute atomic E-state index is 11.6. The van der Waals surface area contributed by atoms with E-state index in [1.165, 1.54) is 0 Å². The summed E-state index contributed by atoms with van der Waals surface area (Å²) in [5.41, 5.74) is -0.775. The van der Waals surface area contributed by atoms with Crippen molar-refractivity contribution in [2.45, 2.75) is 77.4 Å². The molecule has 3 heteroatoms. The molecule has 2 aliphatic rings. The Morgan fingerprint density at radius 3 is 2.44 bits per heavy atom. The second kappa shape index (κ2) is 4.22. The molecule has 0 aromatic rings. The predicted molar refractivity (Wildman–Crippen MR) is 70.1 cm³/mol. The number of hydrogen-bond acceptors (Lipinski definition) is 3. The fourth-order valence-corrected chi connectivity index (χ4v) is 4.74. The molecule has 0 saturated heterocycles. The summed E-state index contributed by atoms with van der Waals surface area (Å²) in [7, 11) is 0. The van der Waals surface area contributed by atoms with Crippen LogP contribution >= 0.6 is 0 Å². The zero-order chi connectivity index (χ0) is 13.6. The van der Waals surface area contributed by atoms with E-state index in [9.17, 15) is 9.90 Å². The summed E-state index contributed by atoms with van der Waals surface area (Å²) in [6.45, 7) is 8.07. The number of fused-ring (bicyclic) bond motifs is 2. The van der Waals surface area contributed by atoms with Gasteiger partial charge < -0.3 is 9.84 Å². The van der Waals surface area contributed by atoms with Gasteiger partial charge in [0.25, 0.3) is 0 Å². The van der Waals surface area contributed by atoms with Crippen molar-refractivity contribution in [1.82, 2.24) is 0 Å². The molecular formula is C15H26O3. The van der Waals surface area contributed by atoms with Crippen molar-refractivity contribution in [1.29, 1.82) is 0 Å². The summed E-state index contributed by atoms with van der Waals surface area (Å²) in [5, 5.41) is 10.3. The van der Waals surface area contributed by atoms with Gasteiger partial charge in [0.1, 0.15) is 5.60 Å². The Hall–Kier alpha value is -0.570. The predicted octanol–water partition coefficient (Wildman–Crippen LogP) is 3.05. The van der Waals surface area contributed by atoms with Crippen LogP contribution in [0, 0.1) is 11.3 Å². The Balaban J connectivity index is 2.14. The third-order valence-corrected chi connectivity index (χ3v) is 4.49. The highest BCUT2D eigenvalue weighted by Crippen LogP contribution is 2.55. The van der Waals surface area contributed by atoms with Crippen molar-refractivity contribution in [3.63, 3.8) is 0 Å². The van der Waals surface area contributed by atoms with Gasteiger partial charge in [-0.3, -0.25) is 4.79 Å². The van der Waals surface area contributed by atoms with Crippen LogP contribution in [0.2, 0.25) is 0 Å². The lowest BCUT2D eigenvalue weighted by molar-refractivity contribution is -0.179. The molecule has 0 spiro atoms. The highest BCUT2D eigenvalue weighted by molar-refractivity contribution is 5.69. The van der Waals surface area contributed by atoms with E-state index in [1.54, 1.807) is 0 Å². The first-order valence-corrected chi connectivity index (χ1v) is 7.10. The van der Waals surface area contributed by atoms with Crippen molar-refractivity contribution in [3.8, 4) is 0 Å². The van der Waals surface area contributed by atoms with E-state index in [-0.39, 0.29) is 17.0 Å². The third kappa shape index (κ3) is 2.87. The molecule has 104 valence electrons. The van der Waals surface area contributed by atoms with Crippen LogP contribution in [0.15, 0.2) is 0 Å². The summed E-state index contributed by atoms with van der Waals surface area (Å²) in [5.74, 6) is 0.370. The zero-order valence-corrected chi connectivity index (χ0v) is 12.1. The molecule has 1 N–H and O–H groups in total. The Morgan fingerprint density at radius 2 is 1.89 bits per heavy atom. The minimum absolute atomic E-state index is 0.104. The van der Waals surface area contributed by atoms with Crippen LogP contribution in [-0.4, -0.2) is 22.3 Å². The molecule has 2 bridgehead atoms. The van der Waals surface area contributed by atoms with Gasteiger partial charge in [-0.2, -0.15) is 0 Å². The van der Waals surface area contributed by atoms with Crippen molar-refractivity contribution < 1.29 is 14.6 Å². The zero-order valence-electron chi connectivity index (χ0n) is 12.1. The van der Waals surface area contributed by atoms with Crippen molar-refractivity contribution in [3.05, 3.63) is 0 Å². The van der Waals surface area contributed by atoms with Gasteiger partial charge in [-0.25, -0.2) is 0 Å². The Morgan fingerprint density at radius 1 is 1.22 bits per heavy atom. The molecule has 18 heavy (non-hydrogen) atoms. The molecule has 2 rings (SSSR count). The van der Waals surface area contributed by atoms with E-state index >= 15 is 0 Å². The first kappa shape index (κ1) is 13.9. The quantitative estimate of drug-likeness (QED) is 0.770. The van der Waals surface area contributed by atoms with Crippen LogP contribution in [0.25, 0.3) is 0 Å². The summed E-state index contributed by atoms with van der Waals surface area (Å²) >= 11 is 0.